The molecule has 0 heterocycles. The van der Waals surface area contributed by atoms with Crippen molar-refractivity contribution >= 4 is 5.91 Å². The van der Waals surface area contributed by atoms with E-state index in [1.165, 1.54) is 11.1 Å². The molecule has 0 fully saturated rings. The van der Waals surface area contributed by atoms with Gasteiger partial charge in [-0.1, -0.05) is 43.2 Å². The van der Waals surface area contributed by atoms with Crippen molar-refractivity contribution in [3.8, 4) is 0 Å². The van der Waals surface area contributed by atoms with Gasteiger partial charge in [-0.25, -0.2) is 0 Å². The topological polar surface area (TPSA) is 49.3 Å². The summed E-state index contributed by atoms with van der Waals surface area (Å²) in [5.74, 6) is 0.478. The lowest BCUT2D eigenvalue weighted by Crippen LogP contribution is -2.29. The molecule has 0 bridgehead atoms. The highest BCUT2D eigenvalue weighted by Crippen LogP contribution is 2.08. The van der Waals surface area contributed by atoms with Crippen molar-refractivity contribution in [2.75, 3.05) is 13.2 Å². The number of rotatable bonds is 8. The molecule has 3 nitrogen and oxygen atoms in total. The molecule has 1 amide bonds. The first-order valence-electron chi connectivity index (χ1n) is 7.08. The number of aryl methyl sites for hydroxylation is 2. The van der Waals surface area contributed by atoms with Crippen molar-refractivity contribution < 1.29 is 9.90 Å². The predicted octanol–water partition coefficient (Wildman–Crippen LogP) is 2.45. The third kappa shape index (κ3) is 6.39. The summed E-state index contributed by atoms with van der Waals surface area (Å²) in [4.78, 5) is 11.8. The molecule has 0 aliphatic rings. The molecule has 1 aromatic carbocycles. The van der Waals surface area contributed by atoms with E-state index in [4.69, 9.17) is 5.11 Å². The molecule has 3 heteroatoms. The fourth-order valence-electron chi connectivity index (χ4n) is 2.11. The average molecular weight is 263 g/mol. The Labute approximate surface area is 116 Å². The van der Waals surface area contributed by atoms with Gasteiger partial charge in [0.15, 0.2) is 0 Å². The van der Waals surface area contributed by atoms with Crippen molar-refractivity contribution in [2.45, 2.75) is 39.5 Å². The van der Waals surface area contributed by atoms with E-state index in [1.807, 2.05) is 6.07 Å². The summed E-state index contributed by atoms with van der Waals surface area (Å²) in [5.41, 5.74) is 2.43. The number of aliphatic hydroxyl groups is 1. The summed E-state index contributed by atoms with van der Waals surface area (Å²) in [6, 6.07) is 8.26. The largest absolute Gasteiger partial charge is 0.396 e. The Kier molecular flexibility index (Phi) is 7.19. The number of aliphatic hydroxyl groups excluding tert-OH is 1. The van der Waals surface area contributed by atoms with Crippen molar-refractivity contribution in [3.63, 3.8) is 0 Å². The highest BCUT2D eigenvalue weighted by Gasteiger charge is 2.08. The Morgan fingerprint density at radius 3 is 2.84 bits per heavy atom. The molecule has 0 radical (unpaired) electrons. The number of amides is 1. The minimum atomic E-state index is 0.0953. The van der Waals surface area contributed by atoms with Crippen LogP contribution in [0.2, 0.25) is 0 Å². The van der Waals surface area contributed by atoms with Gasteiger partial charge in [0.2, 0.25) is 5.91 Å². The first-order valence-corrected chi connectivity index (χ1v) is 7.08. The van der Waals surface area contributed by atoms with Crippen LogP contribution in [0.1, 0.15) is 37.3 Å². The summed E-state index contributed by atoms with van der Waals surface area (Å²) >= 11 is 0. The van der Waals surface area contributed by atoms with Crippen LogP contribution >= 0.6 is 0 Å². The highest BCUT2D eigenvalue weighted by atomic mass is 16.3. The molecule has 1 unspecified atom stereocenters. The summed E-state index contributed by atoms with van der Waals surface area (Å²) in [7, 11) is 0. The highest BCUT2D eigenvalue weighted by molar-refractivity contribution is 5.76. The van der Waals surface area contributed by atoms with E-state index in [2.05, 4.69) is 37.4 Å². The third-order valence-electron chi connectivity index (χ3n) is 3.43. The number of benzene rings is 1. The number of carbonyl (C=O) groups is 1. The quantitative estimate of drug-likeness (QED) is 0.757. The van der Waals surface area contributed by atoms with E-state index in [-0.39, 0.29) is 12.5 Å². The molecule has 1 rings (SSSR count). The first kappa shape index (κ1) is 15.7. The number of hydrogen-bond donors (Lipinski definition) is 2. The van der Waals surface area contributed by atoms with E-state index in [0.29, 0.717) is 18.9 Å². The van der Waals surface area contributed by atoms with E-state index in [1.54, 1.807) is 0 Å². The zero-order chi connectivity index (χ0) is 14.1. The molecule has 0 spiro atoms. The normalized spacial score (nSPS) is 12.2. The lowest BCUT2D eigenvalue weighted by atomic mass is 10.0. The van der Waals surface area contributed by atoms with Gasteiger partial charge in [0.1, 0.15) is 0 Å². The second-order valence-corrected chi connectivity index (χ2v) is 5.08. The van der Waals surface area contributed by atoms with Gasteiger partial charge in [-0.3, -0.25) is 4.79 Å². The van der Waals surface area contributed by atoms with Crippen molar-refractivity contribution in [3.05, 3.63) is 35.4 Å². The van der Waals surface area contributed by atoms with Gasteiger partial charge in [0.05, 0.1) is 0 Å². The zero-order valence-electron chi connectivity index (χ0n) is 12.0. The lowest BCUT2D eigenvalue weighted by Gasteiger charge is -2.14. The third-order valence-corrected chi connectivity index (χ3v) is 3.43. The smallest absolute Gasteiger partial charge is 0.220 e. The molecule has 0 saturated carbocycles. The second-order valence-electron chi connectivity index (χ2n) is 5.08. The molecule has 19 heavy (non-hydrogen) atoms. The van der Waals surface area contributed by atoms with Crippen LogP contribution in [0, 0.1) is 12.8 Å². The first-order chi connectivity index (χ1) is 9.15. The minimum Gasteiger partial charge on any atom is -0.396 e. The predicted molar refractivity (Wildman–Crippen MR) is 78.0 cm³/mol. The Hall–Kier alpha value is -1.35. The molecular weight excluding hydrogens is 238 g/mol. The van der Waals surface area contributed by atoms with Crippen LogP contribution in [0.15, 0.2) is 24.3 Å². The summed E-state index contributed by atoms with van der Waals surface area (Å²) < 4.78 is 0. The van der Waals surface area contributed by atoms with Crippen LogP contribution in [-0.4, -0.2) is 24.2 Å². The molecular formula is C16H25NO2. The molecule has 0 aliphatic heterocycles. The lowest BCUT2D eigenvalue weighted by molar-refractivity contribution is -0.121. The molecule has 2 N–H and O–H groups in total. The van der Waals surface area contributed by atoms with Crippen LogP contribution in [0.4, 0.5) is 0 Å². The van der Waals surface area contributed by atoms with Crippen molar-refractivity contribution in [1.82, 2.24) is 5.32 Å². The van der Waals surface area contributed by atoms with E-state index < -0.39 is 0 Å². The van der Waals surface area contributed by atoms with Crippen LogP contribution < -0.4 is 5.32 Å². The maximum absolute atomic E-state index is 11.8. The second kappa shape index (κ2) is 8.70. The van der Waals surface area contributed by atoms with E-state index in [9.17, 15) is 4.79 Å². The van der Waals surface area contributed by atoms with Gasteiger partial charge >= 0.3 is 0 Å². The number of carbonyl (C=O) groups excluding carboxylic acids is 1. The SMILES string of the molecule is CCC(CCO)CNC(=O)CCc1cccc(C)c1. The standard InChI is InChI=1S/C16H25NO2/c1-3-14(9-10-18)12-17-16(19)8-7-15-6-4-5-13(2)11-15/h4-6,11,14,18H,3,7-10,12H2,1-2H3,(H,17,19). The zero-order valence-corrected chi connectivity index (χ0v) is 12.0. The minimum absolute atomic E-state index is 0.0953. The molecule has 0 aromatic heterocycles. The Balaban J connectivity index is 2.28. The average Bonchev–Trinajstić information content (AvgIpc) is 2.41. The summed E-state index contributed by atoms with van der Waals surface area (Å²) in [6.45, 7) is 5.00. The Bertz CT molecular complexity index is 390. The molecule has 1 atom stereocenters. The maximum Gasteiger partial charge on any atom is 0.220 e. The van der Waals surface area contributed by atoms with Gasteiger partial charge in [-0.15, -0.1) is 0 Å². The van der Waals surface area contributed by atoms with Gasteiger partial charge in [0.25, 0.3) is 0 Å². The van der Waals surface area contributed by atoms with Crippen LogP contribution in [0.5, 0.6) is 0 Å². The van der Waals surface area contributed by atoms with Gasteiger partial charge in [-0.05, 0) is 31.2 Å². The van der Waals surface area contributed by atoms with E-state index >= 15 is 0 Å². The Morgan fingerprint density at radius 2 is 2.21 bits per heavy atom. The van der Waals surface area contributed by atoms with Gasteiger partial charge in [-0.2, -0.15) is 0 Å². The van der Waals surface area contributed by atoms with Crippen LogP contribution in [0.3, 0.4) is 0 Å². The fourth-order valence-corrected chi connectivity index (χ4v) is 2.11. The number of nitrogens with one attached hydrogen (secondary N) is 1. The monoisotopic (exact) mass is 263 g/mol. The van der Waals surface area contributed by atoms with Gasteiger partial charge in [0, 0.05) is 19.6 Å². The Morgan fingerprint density at radius 1 is 1.42 bits per heavy atom. The molecule has 0 saturated heterocycles. The van der Waals surface area contributed by atoms with Crippen molar-refractivity contribution in [2.24, 2.45) is 5.92 Å². The maximum atomic E-state index is 11.8. The van der Waals surface area contributed by atoms with Crippen molar-refractivity contribution in [1.29, 1.82) is 0 Å². The summed E-state index contributed by atoms with van der Waals surface area (Å²) in [5, 5.41) is 11.9. The van der Waals surface area contributed by atoms with E-state index in [0.717, 1.165) is 19.3 Å². The summed E-state index contributed by atoms with van der Waals surface area (Å²) in [6.07, 6.45) is 3.05. The molecule has 0 aliphatic carbocycles. The number of hydrogen-bond acceptors (Lipinski definition) is 2. The van der Waals surface area contributed by atoms with Crippen LogP contribution in [-0.2, 0) is 11.2 Å². The fraction of sp³-hybridized carbons (Fsp3) is 0.562. The van der Waals surface area contributed by atoms with Crippen LogP contribution in [0.25, 0.3) is 0 Å². The molecule has 106 valence electrons. The molecule has 1 aromatic rings. The van der Waals surface area contributed by atoms with Gasteiger partial charge < -0.3 is 10.4 Å².